The maximum Gasteiger partial charge on any atom is 0.244 e. The second-order valence-electron chi connectivity index (χ2n) is 5.10. The molecular weight excluding hydrogens is 344 g/mol. The lowest BCUT2D eigenvalue weighted by molar-refractivity contribution is -0.116. The van der Waals surface area contributed by atoms with Gasteiger partial charge in [-0.25, -0.2) is 0 Å². The van der Waals surface area contributed by atoms with Crippen molar-refractivity contribution < 1.29 is 9.53 Å². The van der Waals surface area contributed by atoms with E-state index in [1.165, 1.54) is 0 Å². The number of H-pyrrole nitrogens is 1. The van der Waals surface area contributed by atoms with E-state index < -0.39 is 0 Å². The van der Waals surface area contributed by atoms with Crippen LogP contribution in [0.5, 0.6) is 0 Å². The minimum absolute atomic E-state index is 0.0943. The number of amides is 1. The van der Waals surface area contributed by atoms with Gasteiger partial charge in [0.05, 0.1) is 11.5 Å². The van der Waals surface area contributed by atoms with Gasteiger partial charge >= 0.3 is 0 Å². The number of thiophene rings is 1. The Bertz CT molecular complexity index is 884. The number of anilines is 1. The van der Waals surface area contributed by atoms with Crippen molar-refractivity contribution in [1.29, 1.82) is 0 Å². The Morgan fingerprint density at radius 3 is 3.04 bits per heavy atom. The average Bonchev–Trinajstić information content (AvgIpc) is 3.19. The predicted molar refractivity (Wildman–Crippen MR) is 96.5 cm³/mol. The standard InChI is InChI=1S/C16H16N4O2S2/c1-22-10-11-4-2-5-12(8-11)17-14(21)9-20-15(18-19-16(20)23)13-6-3-7-24-13/h2-8H,9-10H2,1H3,(H,17,21)(H,19,23). The normalized spacial score (nSPS) is 10.7. The number of aromatic nitrogens is 3. The van der Waals surface area contributed by atoms with Crippen LogP contribution in [0, 0.1) is 4.77 Å². The van der Waals surface area contributed by atoms with Crippen molar-refractivity contribution in [3.63, 3.8) is 0 Å². The molecule has 3 rings (SSSR count). The van der Waals surface area contributed by atoms with Gasteiger partial charge in [0.15, 0.2) is 10.6 Å². The van der Waals surface area contributed by atoms with Crippen LogP contribution in [0.4, 0.5) is 5.69 Å². The smallest absolute Gasteiger partial charge is 0.244 e. The van der Waals surface area contributed by atoms with Gasteiger partial charge < -0.3 is 10.1 Å². The average molecular weight is 360 g/mol. The summed E-state index contributed by atoms with van der Waals surface area (Å²) in [6.45, 7) is 0.593. The van der Waals surface area contributed by atoms with E-state index in [9.17, 15) is 4.79 Å². The Kier molecular flexibility index (Phi) is 5.19. The van der Waals surface area contributed by atoms with Crippen LogP contribution in [0.2, 0.25) is 0 Å². The molecule has 124 valence electrons. The Hall–Kier alpha value is -2.29. The Morgan fingerprint density at radius 2 is 2.29 bits per heavy atom. The summed E-state index contributed by atoms with van der Waals surface area (Å²) in [7, 11) is 1.64. The van der Waals surface area contributed by atoms with Crippen LogP contribution in [0.15, 0.2) is 41.8 Å². The van der Waals surface area contributed by atoms with Crippen molar-refractivity contribution in [2.75, 3.05) is 12.4 Å². The largest absolute Gasteiger partial charge is 0.380 e. The lowest BCUT2D eigenvalue weighted by atomic mass is 10.2. The Morgan fingerprint density at radius 1 is 1.42 bits per heavy atom. The van der Waals surface area contributed by atoms with E-state index in [-0.39, 0.29) is 12.5 Å². The van der Waals surface area contributed by atoms with Crippen LogP contribution >= 0.6 is 23.6 Å². The zero-order chi connectivity index (χ0) is 16.9. The summed E-state index contributed by atoms with van der Waals surface area (Å²) in [5.41, 5.74) is 1.72. The summed E-state index contributed by atoms with van der Waals surface area (Å²) in [6.07, 6.45) is 0. The molecule has 2 aromatic heterocycles. The van der Waals surface area contributed by atoms with E-state index in [2.05, 4.69) is 15.5 Å². The minimum atomic E-state index is -0.167. The maximum absolute atomic E-state index is 12.4. The number of hydrogen-bond donors (Lipinski definition) is 2. The van der Waals surface area contributed by atoms with Gasteiger partial charge in [0.1, 0.15) is 6.54 Å². The molecule has 0 bridgehead atoms. The van der Waals surface area contributed by atoms with E-state index in [4.69, 9.17) is 17.0 Å². The molecule has 2 heterocycles. The van der Waals surface area contributed by atoms with Gasteiger partial charge in [0.2, 0.25) is 5.91 Å². The molecule has 3 aromatic rings. The fraction of sp³-hybridized carbons (Fsp3) is 0.188. The lowest BCUT2D eigenvalue weighted by Gasteiger charge is -2.09. The van der Waals surface area contributed by atoms with Crippen molar-refractivity contribution >= 4 is 35.1 Å². The van der Waals surface area contributed by atoms with Crippen LogP contribution in [-0.2, 0) is 22.7 Å². The van der Waals surface area contributed by atoms with Crippen molar-refractivity contribution in [1.82, 2.24) is 14.8 Å². The molecule has 1 amide bonds. The molecule has 8 heteroatoms. The molecule has 0 aliphatic heterocycles. The summed E-state index contributed by atoms with van der Waals surface area (Å²) in [6, 6.07) is 11.4. The summed E-state index contributed by atoms with van der Waals surface area (Å²) in [5, 5.41) is 11.8. The third-order valence-electron chi connectivity index (χ3n) is 3.32. The predicted octanol–water partition coefficient (Wildman–Crippen LogP) is 3.45. The topological polar surface area (TPSA) is 71.9 Å². The second kappa shape index (κ2) is 7.52. The highest BCUT2D eigenvalue weighted by molar-refractivity contribution is 7.71. The van der Waals surface area contributed by atoms with Crippen LogP contribution in [0.1, 0.15) is 5.56 Å². The van der Waals surface area contributed by atoms with Crippen molar-refractivity contribution in [2.24, 2.45) is 0 Å². The highest BCUT2D eigenvalue weighted by Gasteiger charge is 2.13. The first-order valence-corrected chi connectivity index (χ1v) is 8.53. The highest BCUT2D eigenvalue weighted by atomic mass is 32.1. The lowest BCUT2D eigenvalue weighted by Crippen LogP contribution is -2.19. The summed E-state index contributed by atoms with van der Waals surface area (Å²) >= 11 is 6.78. The second-order valence-corrected chi connectivity index (χ2v) is 6.43. The molecule has 0 atom stereocenters. The number of benzene rings is 1. The molecule has 0 fully saturated rings. The Labute approximate surface area is 148 Å². The van der Waals surface area contributed by atoms with E-state index in [0.29, 0.717) is 17.2 Å². The number of nitrogens with zero attached hydrogens (tertiary/aromatic N) is 2. The van der Waals surface area contributed by atoms with Crippen molar-refractivity contribution in [3.8, 4) is 10.7 Å². The van der Waals surface area contributed by atoms with Crippen molar-refractivity contribution in [3.05, 3.63) is 52.1 Å². The molecule has 24 heavy (non-hydrogen) atoms. The number of methoxy groups -OCH3 is 1. The number of carbonyl (C=O) groups excluding carboxylic acids is 1. The first kappa shape index (κ1) is 16.6. The quantitative estimate of drug-likeness (QED) is 0.661. The number of rotatable bonds is 6. The molecule has 0 radical (unpaired) electrons. The molecule has 1 aromatic carbocycles. The van der Waals surface area contributed by atoms with E-state index >= 15 is 0 Å². The van der Waals surface area contributed by atoms with Gasteiger partial charge in [-0.15, -0.1) is 11.3 Å². The molecular formula is C16H16N4O2S2. The number of ether oxygens (including phenoxy) is 1. The zero-order valence-electron chi connectivity index (χ0n) is 13.0. The number of aromatic amines is 1. The van der Waals surface area contributed by atoms with Gasteiger partial charge in [0, 0.05) is 12.8 Å². The summed E-state index contributed by atoms with van der Waals surface area (Å²) in [4.78, 5) is 13.3. The SMILES string of the molecule is COCc1cccc(NC(=O)Cn2c(-c3cccs3)n[nH]c2=S)c1. The monoisotopic (exact) mass is 360 g/mol. The molecule has 0 aliphatic carbocycles. The van der Waals surface area contributed by atoms with Crippen LogP contribution in [-0.4, -0.2) is 27.8 Å². The third kappa shape index (κ3) is 3.78. The number of nitrogens with one attached hydrogen (secondary N) is 2. The molecule has 0 unspecified atom stereocenters. The van der Waals surface area contributed by atoms with Crippen LogP contribution in [0.3, 0.4) is 0 Å². The van der Waals surface area contributed by atoms with Crippen LogP contribution < -0.4 is 5.32 Å². The molecule has 0 spiro atoms. The molecule has 0 saturated carbocycles. The van der Waals surface area contributed by atoms with Gasteiger partial charge in [0.25, 0.3) is 0 Å². The number of hydrogen-bond acceptors (Lipinski definition) is 5. The zero-order valence-corrected chi connectivity index (χ0v) is 14.6. The summed E-state index contributed by atoms with van der Waals surface area (Å²) in [5.74, 6) is 0.498. The molecule has 0 aliphatic rings. The number of carbonyl (C=O) groups is 1. The van der Waals surface area contributed by atoms with Crippen molar-refractivity contribution in [2.45, 2.75) is 13.2 Å². The van der Waals surface area contributed by atoms with E-state index in [1.54, 1.807) is 23.0 Å². The van der Waals surface area contributed by atoms with E-state index in [0.717, 1.165) is 16.1 Å². The molecule has 6 nitrogen and oxygen atoms in total. The fourth-order valence-corrected chi connectivity index (χ4v) is 3.23. The molecule has 2 N–H and O–H groups in total. The van der Waals surface area contributed by atoms with Gasteiger partial charge in [-0.1, -0.05) is 18.2 Å². The fourth-order valence-electron chi connectivity index (χ4n) is 2.31. The van der Waals surface area contributed by atoms with Gasteiger partial charge in [-0.05, 0) is 41.4 Å². The first-order valence-electron chi connectivity index (χ1n) is 7.24. The third-order valence-corrected chi connectivity index (χ3v) is 4.50. The Balaban J connectivity index is 1.75. The first-order chi connectivity index (χ1) is 11.7. The maximum atomic E-state index is 12.4. The van der Waals surface area contributed by atoms with Crippen LogP contribution in [0.25, 0.3) is 10.7 Å². The molecule has 0 saturated heterocycles. The summed E-state index contributed by atoms with van der Waals surface area (Å²) < 4.78 is 7.21. The van der Waals surface area contributed by atoms with Gasteiger partial charge in [-0.3, -0.25) is 14.5 Å². The highest BCUT2D eigenvalue weighted by Crippen LogP contribution is 2.22. The minimum Gasteiger partial charge on any atom is -0.380 e. The van der Waals surface area contributed by atoms with Gasteiger partial charge in [-0.2, -0.15) is 5.10 Å². The van der Waals surface area contributed by atoms with E-state index in [1.807, 2.05) is 41.8 Å².